The van der Waals surface area contributed by atoms with Crippen molar-refractivity contribution in [1.29, 1.82) is 0 Å². The van der Waals surface area contributed by atoms with Gasteiger partial charge in [-0.05, 0) is 58.1 Å². The predicted molar refractivity (Wildman–Crippen MR) is 117 cm³/mol. The summed E-state index contributed by atoms with van der Waals surface area (Å²) in [6.07, 6.45) is 6.94. The topological polar surface area (TPSA) is 63.9 Å². The summed E-state index contributed by atoms with van der Waals surface area (Å²) in [5.74, 6) is 0.525. The van der Waals surface area contributed by atoms with E-state index in [1.54, 1.807) is 22.7 Å². The number of hydrogen-bond donors (Lipinski definition) is 0. The van der Waals surface area contributed by atoms with Gasteiger partial charge >= 0.3 is 0 Å². The molecule has 0 N–H and O–H groups in total. The van der Waals surface area contributed by atoms with Gasteiger partial charge in [0, 0.05) is 16.3 Å². The highest BCUT2D eigenvalue weighted by molar-refractivity contribution is 7.99. The van der Waals surface area contributed by atoms with Gasteiger partial charge in [0.15, 0.2) is 0 Å². The van der Waals surface area contributed by atoms with Crippen molar-refractivity contribution in [2.45, 2.75) is 55.8 Å². The molecule has 152 valence electrons. The highest BCUT2D eigenvalue weighted by Crippen LogP contribution is 2.40. The zero-order valence-corrected chi connectivity index (χ0v) is 18.5. The summed E-state index contributed by atoms with van der Waals surface area (Å²) < 4.78 is 1.95. The van der Waals surface area contributed by atoms with Gasteiger partial charge in [0.2, 0.25) is 11.1 Å². The highest BCUT2D eigenvalue weighted by Gasteiger charge is 2.33. The van der Waals surface area contributed by atoms with Crippen molar-refractivity contribution in [2.75, 3.05) is 12.3 Å². The maximum atomic E-state index is 13.3. The Kier molecular flexibility index (Phi) is 5.69. The molecule has 4 heterocycles. The molecule has 3 aromatic heterocycles. The van der Waals surface area contributed by atoms with E-state index < -0.39 is 0 Å². The summed E-state index contributed by atoms with van der Waals surface area (Å²) >= 11 is 5.00. The van der Waals surface area contributed by atoms with Crippen molar-refractivity contribution in [3.8, 4) is 0 Å². The largest absolute Gasteiger partial charge is 0.330 e. The first-order chi connectivity index (χ1) is 14.3. The molecule has 0 spiro atoms. The molecule has 6 nitrogen and oxygen atoms in total. The van der Waals surface area contributed by atoms with Crippen molar-refractivity contribution in [3.05, 3.63) is 44.3 Å². The number of fused-ring (bicyclic) bond motifs is 1. The molecule has 0 aromatic carbocycles. The number of nitrogens with zero attached hydrogens (tertiary/aromatic N) is 5. The minimum atomic E-state index is 0.0347. The molecule has 1 atom stereocenters. The average molecular weight is 446 g/mol. The molecule has 1 aliphatic heterocycles. The highest BCUT2D eigenvalue weighted by atomic mass is 32.2. The van der Waals surface area contributed by atoms with Crippen molar-refractivity contribution < 1.29 is 4.79 Å². The normalized spacial score (nSPS) is 20.0. The Labute approximate surface area is 182 Å². The number of amides is 1. The Bertz CT molecular complexity index is 961. The number of thioether (sulfide) groups is 1. The number of thiophene rings is 2. The lowest BCUT2D eigenvalue weighted by Crippen LogP contribution is -2.40. The van der Waals surface area contributed by atoms with Crippen molar-refractivity contribution >= 4 is 40.3 Å². The molecule has 0 radical (unpaired) electrons. The molecule has 29 heavy (non-hydrogen) atoms. The Balaban J connectivity index is 1.32. The fraction of sp³-hybridized carbons (Fsp3) is 0.500. The van der Waals surface area contributed by atoms with E-state index >= 15 is 0 Å². The van der Waals surface area contributed by atoms with E-state index in [0.717, 1.165) is 31.0 Å². The Morgan fingerprint density at radius 1 is 1.17 bits per heavy atom. The summed E-state index contributed by atoms with van der Waals surface area (Å²) in [6.45, 7) is 0.767. The van der Waals surface area contributed by atoms with Gasteiger partial charge in [-0.2, -0.15) is 0 Å². The third kappa shape index (κ3) is 3.87. The standard InChI is InChI=1S/C20H23N5OS3/c26-18(13-29-20-21-22-23-25(20)14-5-2-1-3-6-14)24-10-8-16-15(9-12-28-16)19(24)17-7-4-11-27-17/h4,7,9,11-12,14,19H,1-3,5-6,8,10,13H2. The maximum Gasteiger partial charge on any atom is 0.233 e. The smallest absolute Gasteiger partial charge is 0.233 e. The number of carbonyl (C=O) groups is 1. The van der Waals surface area contributed by atoms with E-state index in [0.29, 0.717) is 11.8 Å². The monoisotopic (exact) mass is 445 g/mol. The number of tetrazole rings is 1. The first-order valence-corrected chi connectivity index (χ1v) is 12.9. The zero-order chi connectivity index (χ0) is 19.6. The molecule has 1 fully saturated rings. The zero-order valence-electron chi connectivity index (χ0n) is 16.1. The third-order valence-electron chi connectivity index (χ3n) is 5.81. The van der Waals surface area contributed by atoms with E-state index in [1.807, 2.05) is 9.58 Å². The van der Waals surface area contributed by atoms with E-state index in [1.165, 1.54) is 46.3 Å². The van der Waals surface area contributed by atoms with Crippen LogP contribution in [-0.2, 0) is 11.2 Å². The molecule has 1 unspecified atom stereocenters. The fourth-order valence-corrected chi connectivity index (χ4v) is 6.97. The van der Waals surface area contributed by atoms with Gasteiger partial charge in [-0.1, -0.05) is 37.1 Å². The molecule has 5 rings (SSSR count). The Morgan fingerprint density at radius 3 is 2.90 bits per heavy atom. The van der Waals surface area contributed by atoms with Crippen LogP contribution in [0.5, 0.6) is 0 Å². The molecular formula is C20H23N5OS3. The molecule has 1 aliphatic carbocycles. The lowest BCUT2D eigenvalue weighted by atomic mass is 9.96. The minimum absolute atomic E-state index is 0.0347. The van der Waals surface area contributed by atoms with Crippen LogP contribution >= 0.6 is 34.4 Å². The lowest BCUT2D eigenvalue weighted by Gasteiger charge is -2.35. The third-order valence-corrected chi connectivity index (χ3v) is 8.65. The minimum Gasteiger partial charge on any atom is -0.330 e. The predicted octanol–water partition coefficient (Wildman–Crippen LogP) is 4.57. The molecular weight excluding hydrogens is 422 g/mol. The summed E-state index contributed by atoms with van der Waals surface area (Å²) in [4.78, 5) is 17.9. The Hall–Kier alpha value is -1.71. The average Bonchev–Trinajstić information content (AvgIpc) is 3.53. The van der Waals surface area contributed by atoms with Gasteiger partial charge in [-0.3, -0.25) is 4.79 Å². The quantitative estimate of drug-likeness (QED) is 0.539. The molecule has 9 heteroatoms. The number of rotatable bonds is 5. The van der Waals surface area contributed by atoms with Crippen LogP contribution in [0.25, 0.3) is 0 Å². The van der Waals surface area contributed by atoms with Gasteiger partial charge < -0.3 is 4.90 Å². The van der Waals surface area contributed by atoms with Crippen LogP contribution in [0.4, 0.5) is 0 Å². The van der Waals surface area contributed by atoms with Crippen molar-refractivity contribution in [3.63, 3.8) is 0 Å². The van der Waals surface area contributed by atoms with E-state index in [2.05, 4.69) is 44.5 Å². The van der Waals surface area contributed by atoms with E-state index in [-0.39, 0.29) is 11.9 Å². The second-order valence-electron chi connectivity index (χ2n) is 7.54. The van der Waals surface area contributed by atoms with Crippen LogP contribution in [-0.4, -0.2) is 43.3 Å². The van der Waals surface area contributed by atoms with Gasteiger partial charge in [-0.15, -0.1) is 27.8 Å². The molecule has 0 bridgehead atoms. The Morgan fingerprint density at radius 2 is 2.07 bits per heavy atom. The number of carbonyl (C=O) groups excluding carboxylic acids is 1. The van der Waals surface area contributed by atoms with Gasteiger partial charge in [0.05, 0.1) is 17.8 Å². The summed E-state index contributed by atoms with van der Waals surface area (Å²) in [5.41, 5.74) is 1.29. The van der Waals surface area contributed by atoms with Crippen LogP contribution in [0.15, 0.2) is 34.1 Å². The van der Waals surface area contributed by atoms with E-state index in [9.17, 15) is 4.79 Å². The van der Waals surface area contributed by atoms with Gasteiger partial charge in [0.25, 0.3) is 0 Å². The molecule has 3 aromatic rings. The van der Waals surface area contributed by atoms with Gasteiger partial charge in [-0.25, -0.2) is 4.68 Å². The van der Waals surface area contributed by atoms with E-state index in [4.69, 9.17) is 0 Å². The summed E-state index contributed by atoms with van der Waals surface area (Å²) in [6, 6.07) is 6.79. The second kappa shape index (κ2) is 8.57. The molecule has 2 aliphatic rings. The van der Waals surface area contributed by atoms with Crippen LogP contribution < -0.4 is 0 Å². The molecule has 0 saturated heterocycles. The fourth-order valence-electron chi connectivity index (χ4n) is 4.38. The molecule has 1 saturated carbocycles. The van der Waals surface area contributed by atoms with Crippen molar-refractivity contribution in [1.82, 2.24) is 25.1 Å². The molecule has 1 amide bonds. The first kappa shape index (κ1) is 19.3. The van der Waals surface area contributed by atoms with Crippen LogP contribution in [0, 0.1) is 0 Å². The lowest BCUT2D eigenvalue weighted by molar-refractivity contribution is -0.130. The maximum absolute atomic E-state index is 13.3. The number of aromatic nitrogens is 4. The SMILES string of the molecule is O=C(CSc1nnnn1C1CCCCC1)N1CCc2sccc2C1c1cccs1. The second-order valence-corrected chi connectivity index (χ2v) is 10.5. The summed E-state index contributed by atoms with van der Waals surface area (Å²) in [5, 5.41) is 17.3. The number of hydrogen-bond acceptors (Lipinski definition) is 7. The van der Waals surface area contributed by atoms with Crippen LogP contribution in [0.2, 0.25) is 0 Å². The van der Waals surface area contributed by atoms with Gasteiger partial charge in [0.1, 0.15) is 0 Å². The van der Waals surface area contributed by atoms with Crippen LogP contribution in [0.1, 0.15) is 59.5 Å². The van der Waals surface area contributed by atoms with Crippen LogP contribution in [0.3, 0.4) is 0 Å². The van der Waals surface area contributed by atoms with Crippen molar-refractivity contribution in [2.24, 2.45) is 0 Å². The summed E-state index contributed by atoms with van der Waals surface area (Å²) in [7, 11) is 0. The first-order valence-electron chi connectivity index (χ1n) is 10.1.